The summed E-state index contributed by atoms with van der Waals surface area (Å²) in [4.78, 5) is 15.8. The van der Waals surface area contributed by atoms with Crippen molar-refractivity contribution in [2.45, 2.75) is 22.5 Å². The third-order valence-electron chi connectivity index (χ3n) is 4.70. The molecule has 1 aliphatic heterocycles. The molecule has 1 fully saturated rings. The van der Waals surface area contributed by atoms with Gasteiger partial charge in [-0.05, 0) is 67.3 Å². The number of hydrogen-bond donors (Lipinski definition) is 0. The zero-order chi connectivity index (χ0) is 17.8. The first-order valence-corrected chi connectivity index (χ1v) is 10.6. The first kappa shape index (κ1) is 17.4. The summed E-state index contributed by atoms with van der Waals surface area (Å²) < 4.78 is 19.3. The van der Waals surface area contributed by atoms with Crippen LogP contribution in [0.5, 0.6) is 5.75 Å². The van der Waals surface area contributed by atoms with Gasteiger partial charge in [0.2, 0.25) is 0 Å². The lowest BCUT2D eigenvalue weighted by Gasteiger charge is -2.35. The zero-order valence-corrected chi connectivity index (χ0v) is 17.4. The van der Waals surface area contributed by atoms with Gasteiger partial charge in [-0.25, -0.2) is 0 Å². The van der Waals surface area contributed by atoms with Gasteiger partial charge in [0.1, 0.15) is 10.5 Å². The van der Waals surface area contributed by atoms with E-state index in [2.05, 4.69) is 31.9 Å². The Labute approximate surface area is 166 Å². The molecular formula is C18H15Br2NO3S. The number of halogens is 2. The van der Waals surface area contributed by atoms with E-state index >= 15 is 0 Å². The van der Waals surface area contributed by atoms with Gasteiger partial charge < -0.3 is 9.29 Å². The van der Waals surface area contributed by atoms with Crippen molar-refractivity contribution < 1.29 is 14.1 Å². The number of hydrogen-bond acceptors (Lipinski definition) is 3. The Morgan fingerprint density at radius 3 is 2.48 bits per heavy atom. The summed E-state index contributed by atoms with van der Waals surface area (Å²) in [5.41, 5.74) is 1.30. The lowest BCUT2D eigenvalue weighted by molar-refractivity contribution is 0.0985. The number of benzene rings is 2. The van der Waals surface area contributed by atoms with E-state index in [4.69, 9.17) is 4.74 Å². The molecule has 1 atom stereocenters. The molecule has 4 rings (SSSR count). The minimum atomic E-state index is -1.05. The van der Waals surface area contributed by atoms with E-state index in [1.807, 2.05) is 24.3 Å². The highest BCUT2D eigenvalue weighted by molar-refractivity contribution is 9.11. The normalized spacial score (nSPS) is 20.3. The molecule has 4 nitrogen and oxygen atoms in total. The molecule has 1 unspecified atom stereocenters. The largest absolute Gasteiger partial charge is 0.611 e. The molecule has 130 valence electrons. The third-order valence-corrected chi connectivity index (χ3v) is 7.94. The Bertz CT molecular complexity index is 846. The molecule has 1 heterocycles. The number of fused-ring (bicyclic) bond motifs is 1. The summed E-state index contributed by atoms with van der Waals surface area (Å²) in [6.45, 7) is 0.497. The van der Waals surface area contributed by atoms with Crippen LogP contribution in [0, 0.1) is 0 Å². The Balaban J connectivity index is 1.77. The molecule has 2 aromatic rings. The van der Waals surface area contributed by atoms with Crippen molar-refractivity contribution in [3.63, 3.8) is 0 Å². The average Bonchev–Trinajstić information content (AvgIpc) is 3.38. The summed E-state index contributed by atoms with van der Waals surface area (Å²) >= 11 is 5.85. The van der Waals surface area contributed by atoms with Crippen LogP contribution in [0.15, 0.2) is 50.2 Å². The fourth-order valence-electron chi connectivity index (χ4n) is 3.20. The van der Waals surface area contributed by atoms with Crippen molar-refractivity contribution in [3.05, 3.63) is 50.9 Å². The summed E-state index contributed by atoms with van der Waals surface area (Å²) in [6.07, 6.45) is 1.79. The summed E-state index contributed by atoms with van der Waals surface area (Å²) in [5.74, 6) is 0.551. The van der Waals surface area contributed by atoms with Crippen molar-refractivity contribution in [2.75, 3.05) is 18.6 Å². The van der Waals surface area contributed by atoms with Crippen molar-refractivity contribution in [2.24, 2.45) is 0 Å². The molecule has 7 heteroatoms. The number of methoxy groups -OCH3 is 1. The van der Waals surface area contributed by atoms with Gasteiger partial charge in [0.05, 0.1) is 28.3 Å². The van der Waals surface area contributed by atoms with Gasteiger partial charge in [-0.1, -0.05) is 12.1 Å². The van der Waals surface area contributed by atoms with E-state index in [-0.39, 0.29) is 10.7 Å². The van der Waals surface area contributed by atoms with Crippen LogP contribution >= 0.6 is 31.9 Å². The Morgan fingerprint density at radius 2 is 1.88 bits per heavy atom. The summed E-state index contributed by atoms with van der Waals surface area (Å²) in [6, 6.07) is 11.0. The van der Waals surface area contributed by atoms with Gasteiger partial charge in [-0.15, -0.1) is 0 Å². The predicted molar refractivity (Wildman–Crippen MR) is 105 cm³/mol. The minimum Gasteiger partial charge on any atom is -0.611 e. The zero-order valence-electron chi connectivity index (χ0n) is 13.4. The highest BCUT2D eigenvalue weighted by Gasteiger charge is 2.60. The number of carbonyl (C=O) groups excluding carboxylic acids is 1. The number of carbonyl (C=O) groups is 1. The van der Waals surface area contributed by atoms with E-state index < -0.39 is 11.2 Å². The number of anilines is 1. The smallest absolute Gasteiger partial charge is 0.258 e. The molecule has 0 radical (unpaired) electrons. The van der Waals surface area contributed by atoms with Crippen LogP contribution in [0.3, 0.4) is 0 Å². The fourth-order valence-corrected chi connectivity index (χ4v) is 6.47. The second-order valence-corrected chi connectivity index (χ2v) is 9.84. The maximum atomic E-state index is 13.2. The van der Waals surface area contributed by atoms with Gasteiger partial charge in [0.25, 0.3) is 5.91 Å². The molecular weight excluding hydrogens is 470 g/mol. The summed E-state index contributed by atoms with van der Waals surface area (Å²) in [5, 5.41) is 0. The second-order valence-electron chi connectivity index (χ2n) is 6.28. The maximum Gasteiger partial charge on any atom is 0.258 e. The van der Waals surface area contributed by atoms with Crippen molar-refractivity contribution in [3.8, 4) is 5.75 Å². The average molecular weight is 485 g/mol. The van der Waals surface area contributed by atoms with Gasteiger partial charge >= 0.3 is 0 Å². The molecule has 25 heavy (non-hydrogen) atoms. The van der Waals surface area contributed by atoms with Gasteiger partial charge in [0.15, 0.2) is 4.90 Å². The Morgan fingerprint density at radius 1 is 1.24 bits per heavy atom. The summed E-state index contributed by atoms with van der Waals surface area (Å²) in [7, 11) is 1.58. The Kier molecular flexibility index (Phi) is 4.38. The molecule has 2 aromatic carbocycles. The van der Waals surface area contributed by atoms with E-state index in [0.717, 1.165) is 23.4 Å². The topological polar surface area (TPSA) is 52.6 Å². The van der Waals surface area contributed by atoms with Crippen molar-refractivity contribution >= 4 is 54.6 Å². The molecule has 1 aliphatic carbocycles. The number of amides is 1. The molecule has 2 aliphatic rings. The molecule has 1 spiro atoms. The Hall–Kier alpha value is -1.02. The van der Waals surface area contributed by atoms with Crippen LogP contribution in [-0.4, -0.2) is 28.9 Å². The lowest BCUT2D eigenvalue weighted by Crippen LogP contribution is -2.47. The highest BCUT2D eigenvalue weighted by Crippen LogP contribution is 2.53. The molecule has 0 N–H and O–H groups in total. The maximum absolute atomic E-state index is 13.2. The minimum absolute atomic E-state index is 0.0977. The van der Waals surface area contributed by atoms with Crippen LogP contribution in [0.2, 0.25) is 0 Å². The van der Waals surface area contributed by atoms with Gasteiger partial charge in [-0.3, -0.25) is 9.69 Å². The van der Waals surface area contributed by atoms with E-state index in [1.165, 1.54) is 0 Å². The van der Waals surface area contributed by atoms with Gasteiger partial charge in [0, 0.05) is 18.4 Å². The highest BCUT2D eigenvalue weighted by atomic mass is 79.9. The third kappa shape index (κ3) is 2.81. The number of para-hydroxylation sites is 1. The second kappa shape index (κ2) is 6.30. The van der Waals surface area contributed by atoms with E-state index in [0.29, 0.717) is 26.8 Å². The molecule has 1 saturated carbocycles. The fraction of sp³-hybridized carbons (Fsp3) is 0.278. The SMILES string of the molecule is COc1c(Br)cc(C(=O)N2CC3(CC3)[S+]([O-])c3ccccc32)cc1Br. The van der Waals surface area contributed by atoms with Crippen LogP contribution in [0.4, 0.5) is 5.69 Å². The van der Waals surface area contributed by atoms with E-state index in [9.17, 15) is 9.35 Å². The van der Waals surface area contributed by atoms with Crippen molar-refractivity contribution in [1.29, 1.82) is 0 Å². The van der Waals surface area contributed by atoms with Crippen molar-refractivity contribution in [1.82, 2.24) is 0 Å². The quantitative estimate of drug-likeness (QED) is 0.589. The number of ether oxygens (including phenoxy) is 1. The van der Waals surface area contributed by atoms with Crippen LogP contribution in [0.25, 0.3) is 0 Å². The monoisotopic (exact) mass is 483 g/mol. The standard InChI is InChI=1S/C18H15Br2NO3S/c1-24-16-12(19)8-11(9-13(16)20)17(22)21-10-18(6-7-18)25(23)15-5-3-2-4-14(15)21/h2-5,8-9H,6-7,10H2,1H3. The first-order chi connectivity index (χ1) is 12.0. The van der Waals surface area contributed by atoms with E-state index in [1.54, 1.807) is 24.1 Å². The van der Waals surface area contributed by atoms with Crippen LogP contribution < -0.4 is 9.64 Å². The lowest BCUT2D eigenvalue weighted by atomic mass is 10.1. The molecule has 0 aromatic heterocycles. The van der Waals surface area contributed by atoms with Crippen LogP contribution in [0.1, 0.15) is 23.2 Å². The van der Waals surface area contributed by atoms with Gasteiger partial charge in [-0.2, -0.15) is 0 Å². The number of nitrogens with zero attached hydrogens (tertiary/aromatic N) is 1. The van der Waals surface area contributed by atoms with Crippen LogP contribution in [-0.2, 0) is 11.2 Å². The number of rotatable bonds is 2. The predicted octanol–water partition coefficient (Wildman–Crippen LogP) is 4.52. The first-order valence-electron chi connectivity index (χ1n) is 7.83. The molecule has 0 saturated heterocycles. The molecule has 1 amide bonds. The molecule has 0 bridgehead atoms.